The van der Waals surface area contributed by atoms with Crippen LogP contribution < -0.4 is 21.1 Å². The standard InChI is InChI=1S/C34H41F2N7O3/c1-21-30(17-37-41(3)34(21)46)38-25-14-24(19-40(2)20-25)23-6-4-22(5-7-23)18-42-10-12-43(13-11-42)31-15-27(28(35)16-29(31)36)26-8-9-32(44)39-33(26)45/h4-7,15-17,24-26,38H,8-14,18-20H2,1-3H3,(H,39,44,45)/t24-,25+,26?/m0/s1. The fraction of sp³-hybridized carbons (Fsp3) is 0.471. The minimum atomic E-state index is -0.807. The predicted molar refractivity (Wildman–Crippen MR) is 172 cm³/mol. The van der Waals surface area contributed by atoms with Gasteiger partial charge >= 0.3 is 0 Å². The Morgan fingerprint density at radius 1 is 0.978 bits per heavy atom. The van der Waals surface area contributed by atoms with Crippen molar-refractivity contribution in [1.82, 2.24) is 24.9 Å². The van der Waals surface area contributed by atoms with Gasteiger partial charge in [-0.3, -0.25) is 24.6 Å². The number of carbonyl (C=O) groups excluding carboxylic acids is 2. The number of aryl methyl sites for hydroxylation is 1. The Morgan fingerprint density at radius 3 is 2.43 bits per heavy atom. The fourth-order valence-electron chi connectivity index (χ4n) is 7.04. The van der Waals surface area contributed by atoms with E-state index in [2.05, 4.69) is 56.8 Å². The molecule has 6 rings (SSSR count). The van der Waals surface area contributed by atoms with Gasteiger partial charge in [0.15, 0.2) is 0 Å². The number of hydrogen-bond acceptors (Lipinski definition) is 8. The summed E-state index contributed by atoms with van der Waals surface area (Å²) in [5.41, 5.74) is 4.27. The van der Waals surface area contributed by atoms with Gasteiger partial charge < -0.3 is 15.1 Å². The third kappa shape index (κ3) is 6.82. The number of hydrogen-bond donors (Lipinski definition) is 2. The first-order chi connectivity index (χ1) is 22.0. The van der Waals surface area contributed by atoms with E-state index in [4.69, 9.17) is 0 Å². The van der Waals surface area contributed by atoms with Gasteiger partial charge in [-0.15, -0.1) is 0 Å². The van der Waals surface area contributed by atoms with E-state index in [9.17, 15) is 23.2 Å². The average Bonchev–Trinajstić information content (AvgIpc) is 3.02. The number of likely N-dealkylation sites (N-methyl/N-ethyl adjacent to an activating group) is 1. The zero-order valence-electron chi connectivity index (χ0n) is 26.6. The van der Waals surface area contributed by atoms with Crippen LogP contribution >= 0.6 is 0 Å². The van der Waals surface area contributed by atoms with Gasteiger partial charge in [-0.05, 0) is 49.9 Å². The number of rotatable bonds is 7. The van der Waals surface area contributed by atoms with Crippen molar-refractivity contribution in [3.8, 4) is 0 Å². The lowest BCUT2D eigenvalue weighted by molar-refractivity contribution is -0.134. The molecular weight excluding hydrogens is 592 g/mol. The van der Waals surface area contributed by atoms with E-state index in [0.717, 1.165) is 37.8 Å². The van der Waals surface area contributed by atoms with Crippen LogP contribution in [0, 0.1) is 18.6 Å². The SMILES string of the molecule is Cc1c(N[C@@H]2C[C@H](c3ccc(CN4CCN(c5cc(C6CCC(=O)NC6=O)c(F)cc5F)CC4)cc3)CN(C)C2)cnn(C)c1=O. The number of imide groups is 1. The van der Waals surface area contributed by atoms with E-state index in [1.807, 2.05) is 11.8 Å². The lowest BCUT2D eigenvalue weighted by Crippen LogP contribution is -2.46. The maximum atomic E-state index is 14.9. The number of nitrogens with one attached hydrogen (secondary N) is 2. The molecule has 2 amide bonds. The van der Waals surface area contributed by atoms with Crippen LogP contribution in [0.1, 0.15) is 53.4 Å². The first kappa shape index (κ1) is 31.8. The van der Waals surface area contributed by atoms with Gasteiger partial charge in [0.05, 0.1) is 23.5 Å². The number of piperazine rings is 1. The molecule has 3 saturated heterocycles. The normalized spacial score (nSPS) is 23.0. The van der Waals surface area contributed by atoms with Crippen LogP contribution in [-0.2, 0) is 23.2 Å². The van der Waals surface area contributed by atoms with Gasteiger partial charge in [0.1, 0.15) is 11.6 Å². The molecule has 3 aliphatic heterocycles. The molecule has 46 heavy (non-hydrogen) atoms. The van der Waals surface area contributed by atoms with Crippen LogP contribution in [0.4, 0.5) is 20.2 Å². The molecule has 4 heterocycles. The van der Waals surface area contributed by atoms with Crippen LogP contribution in [0.5, 0.6) is 0 Å². The molecule has 3 fully saturated rings. The number of anilines is 2. The monoisotopic (exact) mass is 633 g/mol. The third-order valence-electron chi connectivity index (χ3n) is 9.62. The summed E-state index contributed by atoms with van der Waals surface area (Å²) in [6.45, 7) is 7.00. The second-order valence-electron chi connectivity index (χ2n) is 12.9. The van der Waals surface area contributed by atoms with E-state index in [-0.39, 0.29) is 41.6 Å². The lowest BCUT2D eigenvalue weighted by Gasteiger charge is -2.37. The number of carbonyl (C=O) groups is 2. The Labute approximate surface area is 267 Å². The molecular formula is C34H41F2N7O3. The van der Waals surface area contributed by atoms with Crippen molar-refractivity contribution < 1.29 is 18.4 Å². The largest absolute Gasteiger partial charge is 0.379 e. The summed E-state index contributed by atoms with van der Waals surface area (Å²) >= 11 is 0. The maximum Gasteiger partial charge on any atom is 0.271 e. The number of piperidine rings is 2. The smallest absolute Gasteiger partial charge is 0.271 e. The molecule has 244 valence electrons. The van der Waals surface area contributed by atoms with Gasteiger partial charge in [-0.1, -0.05) is 24.3 Å². The van der Waals surface area contributed by atoms with Crippen molar-refractivity contribution in [2.24, 2.45) is 7.05 Å². The highest BCUT2D eigenvalue weighted by Gasteiger charge is 2.32. The molecule has 12 heteroatoms. The highest BCUT2D eigenvalue weighted by atomic mass is 19.1. The summed E-state index contributed by atoms with van der Waals surface area (Å²) in [5, 5.41) is 10.00. The van der Waals surface area contributed by atoms with E-state index < -0.39 is 23.5 Å². The van der Waals surface area contributed by atoms with Crippen molar-refractivity contribution in [2.45, 2.75) is 50.6 Å². The molecule has 3 aliphatic rings. The minimum absolute atomic E-state index is 0.0933. The summed E-state index contributed by atoms with van der Waals surface area (Å²) in [6, 6.07) is 11.3. The van der Waals surface area contributed by atoms with Crippen molar-refractivity contribution >= 4 is 23.2 Å². The first-order valence-corrected chi connectivity index (χ1v) is 15.9. The molecule has 0 radical (unpaired) electrons. The first-order valence-electron chi connectivity index (χ1n) is 15.9. The minimum Gasteiger partial charge on any atom is -0.379 e. The number of likely N-dealkylation sites (tertiary alicyclic amines) is 1. The molecule has 1 unspecified atom stereocenters. The number of halogens is 2. The molecule has 1 aromatic heterocycles. The molecule has 2 N–H and O–H groups in total. The number of nitrogens with zero attached hydrogens (tertiary/aromatic N) is 5. The zero-order chi connectivity index (χ0) is 32.5. The summed E-state index contributed by atoms with van der Waals surface area (Å²) in [4.78, 5) is 42.8. The molecule has 0 saturated carbocycles. The topological polar surface area (TPSA) is 103 Å². The summed E-state index contributed by atoms with van der Waals surface area (Å²) in [5.74, 6) is -2.78. The lowest BCUT2D eigenvalue weighted by atomic mass is 9.87. The van der Waals surface area contributed by atoms with Crippen molar-refractivity contribution in [3.63, 3.8) is 0 Å². The van der Waals surface area contributed by atoms with E-state index in [0.29, 0.717) is 37.7 Å². The second-order valence-corrected chi connectivity index (χ2v) is 12.9. The Bertz CT molecular complexity index is 1670. The van der Waals surface area contributed by atoms with Gasteiger partial charge in [0.2, 0.25) is 11.8 Å². The molecule has 3 atom stereocenters. The predicted octanol–water partition coefficient (Wildman–Crippen LogP) is 3.11. The van der Waals surface area contributed by atoms with Crippen LogP contribution in [0.3, 0.4) is 0 Å². The summed E-state index contributed by atoms with van der Waals surface area (Å²) in [7, 11) is 3.78. The van der Waals surface area contributed by atoms with Crippen molar-refractivity contribution in [1.29, 1.82) is 0 Å². The zero-order valence-corrected chi connectivity index (χ0v) is 26.6. The molecule has 0 bridgehead atoms. The van der Waals surface area contributed by atoms with E-state index in [1.54, 1.807) is 13.2 Å². The van der Waals surface area contributed by atoms with Gasteiger partial charge in [-0.25, -0.2) is 13.5 Å². The van der Waals surface area contributed by atoms with Crippen LogP contribution in [-0.4, -0.2) is 83.8 Å². The Hall–Kier alpha value is -4.16. The number of amides is 2. The highest BCUT2D eigenvalue weighted by molar-refractivity contribution is 6.01. The summed E-state index contributed by atoms with van der Waals surface area (Å²) < 4.78 is 31.0. The molecule has 0 spiro atoms. The number of benzene rings is 2. The molecule has 2 aromatic carbocycles. The fourth-order valence-corrected chi connectivity index (χ4v) is 7.04. The Kier molecular flexibility index (Phi) is 9.19. The van der Waals surface area contributed by atoms with Crippen LogP contribution in [0.15, 0.2) is 47.4 Å². The van der Waals surface area contributed by atoms with Crippen LogP contribution in [0.25, 0.3) is 0 Å². The molecule has 10 nitrogen and oxygen atoms in total. The number of aromatic nitrogens is 2. The highest BCUT2D eigenvalue weighted by Crippen LogP contribution is 2.33. The van der Waals surface area contributed by atoms with E-state index >= 15 is 0 Å². The second kappa shape index (κ2) is 13.3. The quantitative estimate of drug-likeness (QED) is 0.383. The third-order valence-corrected chi connectivity index (χ3v) is 9.62. The van der Waals surface area contributed by atoms with Crippen molar-refractivity contribution in [3.05, 3.63) is 86.8 Å². The van der Waals surface area contributed by atoms with Gasteiger partial charge in [-0.2, -0.15) is 5.10 Å². The van der Waals surface area contributed by atoms with Crippen molar-refractivity contribution in [2.75, 3.05) is 56.5 Å². The molecule has 0 aliphatic carbocycles. The average molecular weight is 634 g/mol. The molecule has 3 aromatic rings. The van der Waals surface area contributed by atoms with Gasteiger partial charge in [0, 0.05) is 82.5 Å². The Morgan fingerprint density at radius 2 is 1.72 bits per heavy atom. The summed E-state index contributed by atoms with van der Waals surface area (Å²) in [6.07, 6.45) is 3.02. The Balaban J connectivity index is 1.05. The maximum absolute atomic E-state index is 14.9. The van der Waals surface area contributed by atoms with Crippen LogP contribution in [0.2, 0.25) is 0 Å². The van der Waals surface area contributed by atoms with E-state index in [1.165, 1.54) is 21.9 Å². The van der Waals surface area contributed by atoms with Gasteiger partial charge in [0.25, 0.3) is 5.56 Å².